The van der Waals surface area contributed by atoms with Crippen molar-refractivity contribution in [3.05, 3.63) is 18.0 Å². The Labute approximate surface area is 110 Å². The molecular formula is C14H26N4. The third-order valence-electron chi connectivity index (χ3n) is 4.00. The Balaban J connectivity index is 1.61. The van der Waals surface area contributed by atoms with Crippen LogP contribution in [0.15, 0.2) is 12.3 Å². The van der Waals surface area contributed by atoms with Crippen molar-refractivity contribution in [2.24, 2.45) is 0 Å². The predicted octanol–water partition coefficient (Wildman–Crippen LogP) is 2.32. The molecule has 0 bridgehead atoms. The van der Waals surface area contributed by atoms with Crippen molar-refractivity contribution in [2.75, 3.05) is 19.6 Å². The number of H-pyrrole nitrogens is 1. The van der Waals surface area contributed by atoms with E-state index >= 15 is 0 Å². The van der Waals surface area contributed by atoms with Crippen LogP contribution in [0.1, 0.15) is 51.3 Å². The van der Waals surface area contributed by atoms with Crippen LogP contribution in [-0.4, -0.2) is 40.8 Å². The largest absolute Gasteiger partial charge is 0.309 e. The molecule has 1 fully saturated rings. The molecule has 1 aromatic rings. The van der Waals surface area contributed by atoms with Gasteiger partial charge in [0.1, 0.15) is 0 Å². The summed E-state index contributed by atoms with van der Waals surface area (Å²) in [5.41, 5.74) is 1.17. The number of piperidine rings is 1. The second-order valence-electron chi connectivity index (χ2n) is 5.42. The van der Waals surface area contributed by atoms with E-state index in [9.17, 15) is 0 Å². The zero-order valence-electron chi connectivity index (χ0n) is 11.7. The van der Waals surface area contributed by atoms with Gasteiger partial charge in [0.2, 0.25) is 0 Å². The van der Waals surface area contributed by atoms with Gasteiger partial charge in [0.25, 0.3) is 0 Å². The van der Waals surface area contributed by atoms with Crippen molar-refractivity contribution in [1.29, 1.82) is 0 Å². The predicted molar refractivity (Wildman–Crippen MR) is 74.5 cm³/mol. The molecule has 0 radical (unpaired) electrons. The first kappa shape index (κ1) is 13.6. The topological polar surface area (TPSA) is 44.0 Å². The molecule has 1 saturated heterocycles. The summed E-state index contributed by atoms with van der Waals surface area (Å²) in [5.74, 6) is 0. The molecule has 0 spiro atoms. The molecule has 0 aliphatic carbocycles. The summed E-state index contributed by atoms with van der Waals surface area (Å²) >= 11 is 0. The van der Waals surface area contributed by atoms with E-state index in [0.717, 1.165) is 12.6 Å². The van der Waals surface area contributed by atoms with E-state index in [-0.39, 0.29) is 0 Å². The van der Waals surface area contributed by atoms with Crippen molar-refractivity contribution in [2.45, 2.75) is 51.6 Å². The van der Waals surface area contributed by atoms with Crippen molar-refractivity contribution in [1.82, 2.24) is 20.4 Å². The molecule has 4 nitrogen and oxygen atoms in total. The van der Waals surface area contributed by atoms with Gasteiger partial charge in [0, 0.05) is 18.3 Å². The third-order valence-corrected chi connectivity index (χ3v) is 4.00. The average Bonchev–Trinajstić information content (AvgIpc) is 2.90. The van der Waals surface area contributed by atoms with E-state index in [1.807, 2.05) is 12.3 Å². The van der Waals surface area contributed by atoms with Crippen LogP contribution in [-0.2, 0) is 0 Å². The highest BCUT2D eigenvalue weighted by Gasteiger charge is 2.17. The number of nitrogens with zero attached hydrogens (tertiary/aromatic N) is 2. The monoisotopic (exact) mass is 250 g/mol. The van der Waals surface area contributed by atoms with Gasteiger partial charge in [0.05, 0.1) is 5.69 Å². The maximum Gasteiger partial charge on any atom is 0.0518 e. The van der Waals surface area contributed by atoms with Crippen molar-refractivity contribution in [3.63, 3.8) is 0 Å². The van der Waals surface area contributed by atoms with Crippen molar-refractivity contribution >= 4 is 0 Å². The zero-order chi connectivity index (χ0) is 12.8. The van der Waals surface area contributed by atoms with Crippen LogP contribution in [0.3, 0.4) is 0 Å². The highest BCUT2D eigenvalue weighted by molar-refractivity contribution is 5.02. The molecule has 2 heterocycles. The van der Waals surface area contributed by atoms with Gasteiger partial charge < -0.3 is 10.2 Å². The molecule has 2 N–H and O–H groups in total. The van der Waals surface area contributed by atoms with Gasteiger partial charge in [-0.15, -0.1) is 0 Å². The molecule has 1 aromatic heterocycles. The summed E-state index contributed by atoms with van der Waals surface area (Å²) in [6.45, 7) is 8.13. The fourth-order valence-corrected chi connectivity index (χ4v) is 2.71. The number of nitrogens with one attached hydrogen (secondary N) is 2. The lowest BCUT2D eigenvalue weighted by Crippen LogP contribution is -2.39. The molecule has 1 aliphatic heterocycles. The van der Waals surface area contributed by atoms with Gasteiger partial charge >= 0.3 is 0 Å². The lowest BCUT2D eigenvalue weighted by atomic mass is 10.0. The summed E-state index contributed by atoms with van der Waals surface area (Å²) in [7, 11) is 0. The Bertz CT molecular complexity index is 323. The SMILES string of the molecule is CC(NCCCN1CCCCC1C)c1ccn[nH]1. The molecule has 0 amide bonds. The molecule has 2 rings (SSSR count). The van der Waals surface area contributed by atoms with E-state index in [1.54, 1.807) is 0 Å². The average molecular weight is 250 g/mol. The van der Waals surface area contributed by atoms with Crippen LogP contribution < -0.4 is 5.32 Å². The zero-order valence-corrected chi connectivity index (χ0v) is 11.7. The van der Waals surface area contributed by atoms with Crippen LogP contribution in [0.5, 0.6) is 0 Å². The lowest BCUT2D eigenvalue weighted by molar-refractivity contribution is 0.158. The molecule has 2 atom stereocenters. The molecular weight excluding hydrogens is 224 g/mol. The van der Waals surface area contributed by atoms with Crippen molar-refractivity contribution < 1.29 is 0 Å². The van der Waals surface area contributed by atoms with Gasteiger partial charge in [0.15, 0.2) is 0 Å². The van der Waals surface area contributed by atoms with E-state index in [1.165, 1.54) is 44.5 Å². The first-order valence-electron chi connectivity index (χ1n) is 7.24. The van der Waals surface area contributed by atoms with Crippen LogP contribution in [0.2, 0.25) is 0 Å². The molecule has 0 saturated carbocycles. The number of aromatic amines is 1. The number of likely N-dealkylation sites (tertiary alicyclic amines) is 1. The van der Waals surface area contributed by atoms with E-state index < -0.39 is 0 Å². The molecule has 0 aromatic carbocycles. The second kappa shape index (κ2) is 6.90. The Kier molecular flexibility index (Phi) is 5.20. The summed E-state index contributed by atoms with van der Waals surface area (Å²) < 4.78 is 0. The molecule has 18 heavy (non-hydrogen) atoms. The second-order valence-corrected chi connectivity index (χ2v) is 5.42. The Morgan fingerprint density at radius 1 is 1.56 bits per heavy atom. The van der Waals surface area contributed by atoms with E-state index in [0.29, 0.717) is 6.04 Å². The molecule has 2 unspecified atom stereocenters. The molecule has 102 valence electrons. The van der Waals surface area contributed by atoms with Crippen LogP contribution in [0.25, 0.3) is 0 Å². The smallest absolute Gasteiger partial charge is 0.0518 e. The highest BCUT2D eigenvalue weighted by Crippen LogP contribution is 2.16. The maximum atomic E-state index is 3.98. The summed E-state index contributed by atoms with van der Waals surface area (Å²) in [4.78, 5) is 2.63. The Morgan fingerprint density at radius 2 is 2.44 bits per heavy atom. The number of aromatic nitrogens is 2. The van der Waals surface area contributed by atoms with Gasteiger partial charge in [-0.05, 0) is 58.8 Å². The Hall–Kier alpha value is -0.870. The normalized spacial score (nSPS) is 23.1. The van der Waals surface area contributed by atoms with E-state index in [4.69, 9.17) is 0 Å². The number of hydrogen-bond donors (Lipinski definition) is 2. The number of rotatable bonds is 6. The van der Waals surface area contributed by atoms with Crippen LogP contribution in [0, 0.1) is 0 Å². The summed E-state index contributed by atoms with van der Waals surface area (Å²) in [6.07, 6.45) is 7.19. The standard InChI is InChI=1S/C14H26N4/c1-12-6-3-4-10-18(12)11-5-8-15-13(2)14-7-9-16-17-14/h7,9,12-13,15H,3-6,8,10-11H2,1-2H3,(H,16,17). The van der Waals surface area contributed by atoms with Crippen LogP contribution in [0.4, 0.5) is 0 Å². The number of hydrogen-bond acceptors (Lipinski definition) is 3. The molecule has 4 heteroatoms. The summed E-state index contributed by atoms with van der Waals surface area (Å²) in [5, 5.41) is 10.5. The third kappa shape index (κ3) is 3.82. The minimum Gasteiger partial charge on any atom is -0.309 e. The fraction of sp³-hybridized carbons (Fsp3) is 0.786. The van der Waals surface area contributed by atoms with Gasteiger partial charge in [-0.3, -0.25) is 5.10 Å². The fourth-order valence-electron chi connectivity index (χ4n) is 2.71. The van der Waals surface area contributed by atoms with Gasteiger partial charge in [-0.2, -0.15) is 5.10 Å². The van der Waals surface area contributed by atoms with Gasteiger partial charge in [-0.1, -0.05) is 6.42 Å². The lowest BCUT2D eigenvalue weighted by Gasteiger charge is -2.33. The minimum atomic E-state index is 0.367. The van der Waals surface area contributed by atoms with Gasteiger partial charge in [-0.25, -0.2) is 0 Å². The summed E-state index contributed by atoms with van der Waals surface area (Å²) in [6, 6.07) is 3.18. The maximum absolute atomic E-state index is 3.98. The quantitative estimate of drug-likeness (QED) is 0.762. The van der Waals surface area contributed by atoms with E-state index in [2.05, 4.69) is 34.3 Å². The first-order valence-corrected chi connectivity index (χ1v) is 7.24. The highest BCUT2D eigenvalue weighted by atomic mass is 15.2. The van der Waals surface area contributed by atoms with Crippen LogP contribution >= 0.6 is 0 Å². The molecule has 1 aliphatic rings. The minimum absolute atomic E-state index is 0.367. The first-order chi connectivity index (χ1) is 8.77. The van der Waals surface area contributed by atoms with Crippen molar-refractivity contribution in [3.8, 4) is 0 Å². The Morgan fingerprint density at radius 3 is 3.17 bits per heavy atom.